The van der Waals surface area contributed by atoms with Crippen LogP contribution in [0.4, 0.5) is 0 Å². The minimum Gasteiger partial charge on any atom is -0.471 e. The second-order valence-corrected chi connectivity index (χ2v) is 6.09. The Labute approximate surface area is 148 Å². The second-order valence-electron chi connectivity index (χ2n) is 5.37. The number of ether oxygens (including phenoxy) is 1. The third kappa shape index (κ3) is 3.05. The first-order chi connectivity index (χ1) is 12.3. The van der Waals surface area contributed by atoms with Crippen molar-refractivity contribution in [3.63, 3.8) is 0 Å². The van der Waals surface area contributed by atoms with Crippen molar-refractivity contribution in [1.29, 1.82) is 5.26 Å². The van der Waals surface area contributed by atoms with E-state index < -0.39 is 0 Å². The lowest BCUT2D eigenvalue weighted by Crippen LogP contribution is -2.01. The van der Waals surface area contributed by atoms with Crippen LogP contribution in [0.25, 0.3) is 22.0 Å². The van der Waals surface area contributed by atoms with Gasteiger partial charge in [0.2, 0.25) is 5.88 Å². The first-order valence-electron chi connectivity index (χ1n) is 7.61. The molecule has 0 unspecified atom stereocenters. The van der Waals surface area contributed by atoms with Crippen molar-refractivity contribution in [2.75, 3.05) is 0 Å². The largest absolute Gasteiger partial charge is 0.471 e. The van der Waals surface area contributed by atoms with E-state index in [4.69, 9.17) is 4.74 Å². The van der Waals surface area contributed by atoms with Crippen LogP contribution < -0.4 is 4.74 Å². The van der Waals surface area contributed by atoms with E-state index in [1.54, 1.807) is 5.51 Å². The molecule has 0 atom stereocenters. The van der Waals surface area contributed by atoms with Crippen molar-refractivity contribution in [2.24, 2.45) is 0 Å². The van der Waals surface area contributed by atoms with E-state index in [2.05, 4.69) is 21.3 Å². The molecule has 0 saturated carbocycles. The fourth-order valence-electron chi connectivity index (χ4n) is 2.56. The van der Waals surface area contributed by atoms with E-state index in [0.717, 1.165) is 22.2 Å². The smallest absolute Gasteiger partial charge is 0.241 e. The van der Waals surface area contributed by atoms with Crippen LogP contribution >= 0.6 is 11.3 Å². The summed E-state index contributed by atoms with van der Waals surface area (Å²) in [5, 5.41) is 20.9. The van der Waals surface area contributed by atoms with Crippen molar-refractivity contribution in [1.82, 2.24) is 15.2 Å². The lowest BCUT2D eigenvalue weighted by atomic mass is 10.1. The van der Waals surface area contributed by atoms with E-state index in [0.29, 0.717) is 17.9 Å². The SMILES string of the molecule is N#Cc1nnc(OCc2ccccc2)c2ccc(-c3cscn3)cc12. The van der Waals surface area contributed by atoms with Crippen LogP contribution in [0.5, 0.6) is 5.88 Å². The van der Waals surface area contributed by atoms with E-state index in [1.165, 1.54) is 11.3 Å². The lowest BCUT2D eigenvalue weighted by Gasteiger charge is -2.09. The van der Waals surface area contributed by atoms with Crippen molar-refractivity contribution >= 4 is 22.1 Å². The third-order valence-electron chi connectivity index (χ3n) is 3.80. The van der Waals surface area contributed by atoms with E-state index in [1.807, 2.05) is 53.9 Å². The molecule has 0 bridgehead atoms. The molecule has 120 valence electrons. The topological polar surface area (TPSA) is 71.7 Å². The Kier molecular flexibility index (Phi) is 4.07. The van der Waals surface area contributed by atoms with Gasteiger partial charge in [0.25, 0.3) is 0 Å². The van der Waals surface area contributed by atoms with Gasteiger partial charge in [-0.2, -0.15) is 5.26 Å². The zero-order chi connectivity index (χ0) is 17.1. The number of nitrogens with zero attached hydrogens (tertiary/aromatic N) is 4. The van der Waals surface area contributed by atoms with Gasteiger partial charge < -0.3 is 4.74 Å². The summed E-state index contributed by atoms with van der Waals surface area (Å²) in [7, 11) is 0. The summed E-state index contributed by atoms with van der Waals surface area (Å²) >= 11 is 1.53. The fraction of sp³-hybridized carbons (Fsp3) is 0.0526. The van der Waals surface area contributed by atoms with Gasteiger partial charge in [-0.05, 0) is 17.7 Å². The molecule has 0 radical (unpaired) electrons. The average Bonchev–Trinajstić information content (AvgIpc) is 3.21. The number of hydrogen-bond acceptors (Lipinski definition) is 6. The Morgan fingerprint density at radius 3 is 2.68 bits per heavy atom. The van der Waals surface area contributed by atoms with Crippen molar-refractivity contribution in [2.45, 2.75) is 6.61 Å². The fourth-order valence-corrected chi connectivity index (χ4v) is 3.12. The number of nitriles is 1. The monoisotopic (exact) mass is 344 g/mol. The van der Waals surface area contributed by atoms with Gasteiger partial charge in [-0.15, -0.1) is 21.5 Å². The summed E-state index contributed by atoms with van der Waals surface area (Å²) in [5.74, 6) is 0.419. The average molecular weight is 344 g/mol. The molecule has 2 aromatic carbocycles. The number of hydrogen-bond donors (Lipinski definition) is 0. The summed E-state index contributed by atoms with van der Waals surface area (Å²) < 4.78 is 5.84. The molecule has 0 saturated heterocycles. The predicted molar refractivity (Wildman–Crippen MR) is 96.1 cm³/mol. The van der Waals surface area contributed by atoms with E-state index in [-0.39, 0.29) is 5.69 Å². The lowest BCUT2D eigenvalue weighted by molar-refractivity contribution is 0.294. The summed E-state index contributed by atoms with van der Waals surface area (Å²) in [6, 6.07) is 17.7. The first kappa shape index (κ1) is 15.2. The molecule has 25 heavy (non-hydrogen) atoms. The predicted octanol–water partition coefficient (Wildman–Crippen LogP) is 4.20. The molecule has 0 aliphatic rings. The number of aromatic nitrogens is 3. The Morgan fingerprint density at radius 2 is 1.92 bits per heavy atom. The summed E-state index contributed by atoms with van der Waals surface area (Å²) in [6.07, 6.45) is 0. The second kappa shape index (κ2) is 6.67. The Morgan fingerprint density at radius 1 is 1.04 bits per heavy atom. The molecule has 6 heteroatoms. The van der Waals surface area contributed by atoms with E-state index in [9.17, 15) is 5.26 Å². The standard InChI is InChI=1S/C19H12N4OS/c20-9-17-16-8-14(18-11-25-12-21-18)6-7-15(16)19(23-22-17)24-10-13-4-2-1-3-5-13/h1-8,11-12H,10H2. The van der Waals surface area contributed by atoms with Gasteiger partial charge in [-0.25, -0.2) is 4.98 Å². The molecule has 5 nitrogen and oxygen atoms in total. The molecular formula is C19H12N4OS. The number of benzene rings is 2. The van der Waals surface area contributed by atoms with Crippen molar-refractivity contribution in [3.8, 4) is 23.2 Å². The first-order valence-corrected chi connectivity index (χ1v) is 8.55. The van der Waals surface area contributed by atoms with Gasteiger partial charge in [0.1, 0.15) is 12.7 Å². The maximum Gasteiger partial charge on any atom is 0.241 e. The van der Waals surface area contributed by atoms with Gasteiger partial charge in [0, 0.05) is 21.7 Å². The molecule has 0 aliphatic heterocycles. The minimum absolute atomic E-state index is 0.277. The van der Waals surface area contributed by atoms with Gasteiger partial charge in [0.05, 0.1) is 11.2 Å². The molecular weight excluding hydrogens is 332 g/mol. The van der Waals surface area contributed by atoms with E-state index >= 15 is 0 Å². The summed E-state index contributed by atoms with van der Waals surface area (Å²) in [6.45, 7) is 0.393. The zero-order valence-corrected chi connectivity index (χ0v) is 13.9. The molecule has 4 aromatic rings. The number of thiazole rings is 1. The van der Waals surface area contributed by atoms with Crippen LogP contribution in [0, 0.1) is 11.3 Å². The highest BCUT2D eigenvalue weighted by Gasteiger charge is 2.12. The maximum absolute atomic E-state index is 9.35. The molecule has 2 heterocycles. The molecule has 4 rings (SSSR count). The van der Waals surface area contributed by atoms with Crippen LogP contribution in [-0.4, -0.2) is 15.2 Å². The van der Waals surface area contributed by atoms with Crippen molar-refractivity contribution < 1.29 is 4.74 Å². The van der Waals surface area contributed by atoms with Gasteiger partial charge in [0.15, 0.2) is 5.69 Å². The van der Waals surface area contributed by atoms with Crippen LogP contribution in [-0.2, 0) is 6.61 Å². The van der Waals surface area contributed by atoms with Gasteiger partial charge >= 0.3 is 0 Å². The molecule has 0 spiro atoms. The highest BCUT2D eigenvalue weighted by Crippen LogP contribution is 2.30. The summed E-state index contributed by atoms with van der Waals surface area (Å²) in [4.78, 5) is 4.32. The van der Waals surface area contributed by atoms with Gasteiger partial charge in [-0.1, -0.05) is 36.4 Å². The molecule has 0 amide bonds. The highest BCUT2D eigenvalue weighted by molar-refractivity contribution is 7.07. The zero-order valence-electron chi connectivity index (χ0n) is 13.1. The molecule has 0 fully saturated rings. The van der Waals surface area contributed by atoms with Crippen molar-refractivity contribution in [3.05, 3.63) is 70.7 Å². The maximum atomic E-state index is 9.35. The Hall–Kier alpha value is -3.30. The van der Waals surface area contributed by atoms with Crippen LogP contribution in [0.15, 0.2) is 59.4 Å². The van der Waals surface area contributed by atoms with Crippen LogP contribution in [0.3, 0.4) is 0 Å². The molecule has 0 N–H and O–H groups in total. The highest BCUT2D eigenvalue weighted by atomic mass is 32.1. The summed E-state index contributed by atoms with van der Waals surface area (Å²) in [5.41, 5.74) is 4.91. The molecule has 2 aromatic heterocycles. The van der Waals surface area contributed by atoms with Crippen LogP contribution in [0.1, 0.15) is 11.3 Å². The molecule has 0 aliphatic carbocycles. The van der Waals surface area contributed by atoms with Gasteiger partial charge in [-0.3, -0.25) is 0 Å². The normalized spacial score (nSPS) is 10.5. The quantitative estimate of drug-likeness (QED) is 0.555. The van der Waals surface area contributed by atoms with Crippen LogP contribution in [0.2, 0.25) is 0 Å². The Bertz CT molecular complexity index is 1060. The third-order valence-corrected chi connectivity index (χ3v) is 4.38. The number of fused-ring (bicyclic) bond motifs is 1. The number of rotatable bonds is 4. The Balaban J connectivity index is 1.74. The minimum atomic E-state index is 0.277.